The van der Waals surface area contributed by atoms with E-state index in [2.05, 4.69) is 5.32 Å². The van der Waals surface area contributed by atoms with Gasteiger partial charge in [-0.2, -0.15) is 0 Å². The third-order valence-corrected chi connectivity index (χ3v) is 6.25. The van der Waals surface area contributed by atoms with E-state index < -0.39 is 10.0 Å². The summed E-state index contributed by atoms with van der Waals surface area (Å²) in [6, 6.07) is 7.97. The molecule has 110 valence electrons. The number of piperidine rings is 1. The molecule has 0 bridgehead atoms. The number of nitrogens with zero attached hydrogens (tertiary/aromatic N) is 1. The average molecular weight is 294 g/mol. The Labute approximate surface area is 121 Å². The van der Waals surface area contributed by atoms with Crippen LogP contribution in [-0.2, 0) is 16.4 Å². The second-order valence-electron chi connectivity index (χ2n) is 5.90. The number of fused-ring (bicyclic) bond motifs is 1. The summed E-state index contributed by atoms with van der Waals surface area (Å²) in [4.78, 5) is 0. The Morgan fingerprint density at radius 1 is 1.30 bits per heavy atom. The van der Waals surface area contributed by atoms with Gasteiger partial charge in [-0.25, -0.2) is 8.42 Å². The molecular weight excluding hydrogens is 272 g/mol. The first kappa shape index (κ1) is 13.9. The van der Waals surface area contributed by atoms with Crippen LogP contribution in [0.25, 0.3) is 0 Å². The maximum Gasteiger partial charge on any atom is 0.236 e. The van der Waals surface area contributed by atoms with Gasteiger partial charge in [0.05, 0.1) is 11.4 Å². The Kier molecular flexibility index (Phi) is 3.73. The predicted molar refractivity (Wildman–Crippen MR) is 81.5 cm³/mol. The molecule has 5 heteroatoms. The zero-order chi connectivity index (χ0) is 14.2. The maximum atomic E-state index is 12.8. The molecule has 1 N–H and O–H groups in total. The van der Waals surface area contributed by atoms with Gasteiger partial charge < -0.3 is 5.32 Å². The van der Waals surface area contributed by atoms with Crippen LogP contribution in [0.3, 0.4) is 0 Å². The fourth-order valence-corrected chi connectivity index (χ4v) is 5.42. The Morgan fingerprint density at radius 3 is 2.85 bits per heavy atom. The van der Waals surface area contributed by atoms with Crippen LogP contribution in [0.4, 0.5) is 5.69 Å². The molecule has 0 amide bonds. The molecule has 1 saturated heterocycles. The summed E-state index contributed by atoms with van der Waals surface area (Å²) in [7, 11) is -3.25. The molecule has 1 aromatic carbocycles. The van der Waals surface area contributed by atoms with Crippen molar-refractivity contribution in [3.63, 3.8) is 0 Å². The minimum atomic E-state index is -3.25. The highest BCUT2D eigenvalue weighted by molar-refractivity contribution is 7.92. The van der Waals surface area contributed by atoms with Gasteiger partial charge in [0.15, 0.2) is 0 Å². The molecule has 2 atom stereocenters. The average Bonchev–Trinajstić information content (AvgIpc) is 2.75. The van der Waals surface area contributed by atoms with Crippen LogP contribution in [0.15, 0.2) is 24.3 Å². The van der Waals surface area contributed by atoms with Gasteiger partial charge in [0, 0.05) is 12.1 Å². The lowest BCUT2D eigenvalue weighted by atomic mass is 10.1. The molecule has 0 aromatic heterocycles. The Morgan fingerprint density at radius 2 is 2.10 bits per heavy atom. The first-order valence-electron chi connectivity index (χ1n) is 7.41. The van der Waals surface area contributed by atoms with Crippen molar-refractivity contribution in [1.82, 2.24) is 5.32 Å². The van der Waals surface area contributed by atoms with Gasteiger partial charge in [-0.3, -0.25) is 4.31 Å². The quantitative estimate of drug-likeness (QED) is 0.926. The zero-order valence-corrected chi connectivity index (χ0v) is 12.7. The third kappa shape index (κ3) is 2.56. The van der Waals surface area contributed by atoms with Gasteiger partial charge >= 0.3 is 0 Å². The lowest BCUT2D eigenvalue weighted by Gasteiger charge is -2.29. The van der Waals surface area contributed by atoms with Gasteiger partial charge in [-0.15, -0.1) is 0 Å². The monoisotopic (exact) mass is 294 g/mol. The Hall–Kier alpha value is -1.07. The largest absolute Gasteiger partial charge is 0.313 e. The smallest absolute Gasteiger partial charge is 0.236 e. The number of sulfonamides is 1. The highest BCUT2D eigenvalue weighted by atomic mass is 32.2. The van der Waals surface area contributed by atoms with Crippen molar-refractivity contribution < 1.29 is 8.42 Å². The molecule has 3 rings (SSSR count). The fraction of sp³-hybridized carbons (Fsp3) is 0.600. The second-order valence-corrected chi connectivity index (χ2v) is 7.79. The summed E-state index contributed by atoms with van der Waals surface area (Å²) in [5.74, 6) is 0.214. The normalized spacial score (nSPS) is 26.6. The van der Waals surface area contributed by atoms with Gasteiger partial charge in [0.2, 0.25) is 10.0 Å². The minimum Gasteiger partial charge on any atom is -0.313 e. The van der Waals surface area contributed by atoms with Crippen LogP contribution in [0.2, 0.25) is 0 Å². The van der Waals surface area contributed by atoms with E-state index >= 15 is 0 Å². The number of hydrogen-bond donors (Lipinski definition) is 1. The van der Waals surface area contributed by atoms with E-state index in [1.165, 1.54) is 0 Å². The number of anilines is 1. The number of rotatable bonds is 3. The molecule has 1 fully saturated rings. The van der Waals surface area contributed by atoms with Crippen molar-refractivity contribution in [2.24, 2.45) is 0 Å². The topological polar surface area (TPSA) is 49.4 Å². The van der Waals surface area contributed by atoms with Crippen molar-refractivity contribution in [3.05, 3.63) is 29.8 Å². The van der Waals surface area contributed by atoms with E-state index in [4.69, 9.17) is 0 Å². The van der Waals surface area contributed by atoms with E-state index in [0.717, 1.165) is 43.5 Å². The molecule has 0 radical (unpaired) electrons. The first-order chi connectivity index (χ1) is 9.58. The van der Waals surface area contributed by atoms with E-state index in [9.17, 15) is 8.42 Å². The van der Waals surface area contributed by atoms with Crippen LogP contribution < -0.4 is 9.62 Å². The predicted octanol–water partition coefficient (Wildman–Crippen LogP) is 1.91. The van der Waals surface area contributed by atoms with Gasteiger partial charge in [-0.05, 0) is 44.4 Å². The van der Waals surface area contributed by atoms with Gasteiger partial charge in [0.1, 0.15) is 0 Å². The van der Waals surface area contributed by atoms with E-state index in [-0.39, 0.29) is 17.8 Å². The molecule has 1 aromatic rings. The van der Waals surface area contributed by atoms with Crippen LogP contribution in [0.5, 0.6) is 0 Å². The van der Waals surface area contributed by atoms with Crippen LogP contribution >= 0.6 is 0 Å². The lowest BCUT2D eigenvalue weighted by molar-refractivity contribution is 0.423. The number of para-hydroxylation sites is 1. The number of hydrogen-bond acceptors (Lipinski definition) is 3. The van der Waals surface area contributed by atoms with Crippen LogP contribution in [0, 0.1) is 0 Å². The summed E-state index contributed by atoms with van der Waals surface area (Å²) >= 11 is 0. The lowest BCUT2D eigenvalue weighted by Crippen LogP contribution is -2.45. The van der Waals surface area contributed by atoms with Crippen molar-refractivity contribution in [2.75, 3.05) is 16.6 Å². The Balaban J connectivity index is 1.83. The minimum absolute atomic E-state index is 0.0287. The summed E-state index contributed by atoms with van der Waals surface area (Å²) in [5, 5.41) is 3.33. The van der Waals surface area contributed by atoms with Crippen LogP contribution in [0.1, 0.15) is 31.7 Å². The van der Waals surface area contributed by atoms with Crippen molar-refractivity contribution in [3.8, 4) is 0 Å². The summed E-state index contributed by atoms with van der Waals surface area (Å²) in [6.45, 7) is 2.93. The maximum absolute atomic E-state index is 12.8. The van der Waals surface area contributed by atoms with Gasteiger partial charge in [0.25, 0.3) is 0 Å². The third-order valence-electron chi connectivity index (χ3n) is 4.27. The molecule has 2 unspecified atom stereocenters. The molecular formula is C15H22N2O2S. The van der Waals surface area contributed by atoms with E-state index in [1.54, 1.807) is 4.31 Å². The van der Waals surface area contributed by atoms with E-state index in [1.807, 2.05) is 31.2 Å². The molecule has 0 spiro atoms. The summed E-state index contributed by atoms with van der Waals surface area (Å²) in [6.07, 6.45) is 4.05. The van der Waals surface area contributed by atoms with Crippen molar-refractivity contribution in [1.29, 1.82) is 0 Å². The molecule has 0 saturated carbocycles. The number of benzene rings is 1. The Bertz CT molecular complexity index is 579. The SMILES string of the molecule is CC1Cc2ccccc2N1S(=O)(=O)CC1CCCCN1. The fourth-order valence-electron chi connectivity index (χ4n) is 3.36. The van der Waals surface area contributed by atoms with E-state index in [0.29, 0.717) is 0 Å². The van der Waals surface area contributed by atoms with Crippen molar-refractivity contribution in [2.45, 2.75) is 44.7 Å². The molecule has 2 aliphatic rings. The highest BCUT2D eigenvalue weighted by Gasteiger charge is 2.36. The highest BCUT2D eigenvalue weighted by Crippen LogP contribution is 2.34. The summed E-state index contributed by atoms with van der Waals surface area (Å²) < 4.78 is 27.2. The molecule has 20 heavy (non-hydrogen) atoms. The van der Waals surface area contributed by atoms with Gasteiger partial charge in [-0.1, -0.05) is 24.6 Å². The first-order valence-corrected chi connectivity index (χ1v) is 9.02. The standard InChI is InChI=1S/C15H22N2O2S/c1-12-10-13-6-2-3-8-15(13)17(12)20(18,19)11-14-7-4-5-9-16-14/h2-3,6,8,12,14,16H,4-5,7,9-11H2,1H3. The van der Waals surface area contributed by atoms with Crippen LogP contribution in [-0.4, -0.2) is 32.8 Å². The van der Waals surface area contributed by atoms with Crippen molar-refractivity contribution >= 4 is 15.7 Å². The molecule has 0 aliphatic carbocycles. The number of nitrogens with one attached hydrogen (secondary N) is 1. The molecule has 2 heterocycles. The molecule has 2 aliphatic heterocycles. The summed E-state index contributed by atoms with van der Waals surface area (Å²) in [5.41, 5.74) is 2.01. The second kappa shape index (κ2) is 5.37. The molecule has 4 nitrogen and oxygen atoms in total. The zero-order valence-electron chi connectivity index (χ0n) is 11.9.